The molecule has 0 radical (unpaired) electrons. The minimum absolute atomic E-state index is 0.0290. The number of halogens is 6. The molecule has 0 fully saturated rings. The van der Waals surface area contributed by atoms with Crippen LogP contribution in [0, 0.1) is 0 Å². The normalized spacial score (nSPS) is 14.8. The number of para-hydroxylation sites is 1. The fourth-order valence-corrected chi connectivity index (χ4v) is 7.00. The number of hydrogen-bond acceptors (Lipinski definition) is 0. The van der Waals surface area contributed by atoms with Crippen molar-refractivity contribution < 1.29 is 29.8 Å². The van der Waals surface area contributed by atoms with Crippen molar-refractivity contribution in [1.82, 2.24) is 0 Å². The molecule has 0 aliphatic carbocycles. The molecule has 54 heavy (non-hydrogen) atoms. The van der Waals surface area contributed by atoms with Crippen LogP contribution in [-0.4, -0.2) is 16.8 Å². The average Bonchev–Trinajstić information content (AvgIpc) is 3.38. The van der Waals surface area contributed by atoms with Gasteiger partial charge in [0, 0.05) is 17.7 Å². The van der Waals surface area contributed by atoms with E-state index in [2.05, 4.69) is 201 Å². The number of nitrogens with zero attached hydrogens (tertiary/aromatic N) is 1. The standard InChI is InChI=1S/C46H40N.F6P/c1-4-47-42-23-15-14-22-41(42)46(2,3)43(47)33-26-34-24-27-35(28-25-34)36-29-31-40(32-30-36)45(39-20-12-7-13-21-39)44(37-16-8-5-9-17-37)38-18-10-6-11-19-38;1-7(2,3,4,5)6/h5-33H,4H2,1-3H3;/q+1;-1/b33-26+;. The van der Waals surface area contributed by atoms with Crippen LogP contribution in [0.5, 0.6) is 0 Å². The van der Waals surface area contributed by atoms with E-state index in [1.807, 2.05) is 0 Å². The number of benzene rings is 6. The summed E-state index contributed by atoms with van der Waals surface area (Å²) in [6, 6.07) is 59.0. The molecular weight excluding hydrogens is 711 g/mol. The van der Waals surface area contributed by atoms with Gasteiger partial charge in [0.05, 0.1) is 5.41 Å². The van der Waals surface area contributed by atoms with E-state index in [0.717, 1.165) is 6.54 Å². The minimum atomic E-state index is -10.7. The third-order valence-electron chi connectivity index (χ3n) is 9.40. The van der Waals surface area contributed by atoms with Crippen LogP contribution in [0.1, 0.15) is 54.2 Å². The first-order valence-electron chi connectivity index (χ1n) is 17.6. The molecule has 0 unspecified atom stereocenters. The second-order valence-electron chi connectivity index (χ2n) is 13.6. The molecule has 0 spiro atoms. The van der Waals surface area contributed by atoms with Crippen LogP contribution in [0.2, 0.25) is 0 Å². The summed E-state index contributed by atoms with van der Waals surface area (Å²) < 4.78 is 61.6. The van der Waals surface area contributed by atoms with Gasteiger partial charge in [-0.05, 0) is 76.9 Å². The van der Waals surface area contributed by atoms with Gasteiger partial charge in [-0.2, -0.15) is 4.58 Å². The van der Waals surface area contributed by atoms with E-state index in [0.29, 0.717) is 0 Å². The molecule has 8 heteroatoms. The van der Waals surface area contributed by atoms with Crippen molar-refractivity contribution in [3.8, 4) is 11.1 Å². The molecule has 0 saturated carbocycles. The molecule has 0 amide bonds. The summed E-state index contributed by atoms with van der Waals surface area (Å²) >= 11 is 0. The van der Waals surface area contributed by atoms with Crippen LogP contribution in [-0.2, 0) is 5.41 Å². The third kappa shape index (κ3) is 9.52. The molecule has 0 bridgehead atoms. The molecule has 1 aliphatic rings. The molecule has 276 valence electrons. The zero-order valence-corrected chi connectivity index (χ0v) is 31.0. The zero-order chi connectivity index (χ0) is 38.6. The Morgan fingerprint density at radius 3 is 1.30 bits per heavy atom. The Bertz CT molecular complexity index is 2280. The van der Waals surface area contributed by atoms with Crippen LogP contribution in [0.15, 0.2) is 170 Å². The van der Waals surface area contributed by atoms with Crippen molar-refractivity contribution in [1.29, 1.82) is 0 Å². The van der Waals surface area contributed by atoms with Crippen molar-refractivity contribution >= 4 is 36.4 Å². The molecule has 0 N–H and O–H groups in total. The summed E-state index contributed by atoms with van der Waals surface area (Å²) in [6.45, 7) is 7.84. The summed E-state index contributed by atoms with van der Waals surface area (Å²) in [4.78, 5) is 0. The number of rotatable bonds is 8. The zero-order valence-electron chi connectivity index (χ0n) is 30.1. The summed E-state index contributed by atoms with van der Waals surface area (Å²) in [5, 5.41) is 0. The van der Waals surface area contributed by atoms with Crippen LogP contribution in [0.25, 0.3) is 28.3 Å². The van der Waals surface area contributed by atoms with E-state index in [9.17, 15) is 25.2 Å². The number of hydrogen-bond donors (Lipinski definition) is 0. The van der Waals surface area contributed by atoms with Gasteiger partial charge < -0.3 is 0 Å². The van der Waals surface area contributed by atoms with Crippen LogP contribution in [0.3, 0.4) is 0 Å². The van der Waals surface area contributed by atoms with Gasteiger partial charge in [0.25, 0.3) is 0 Å². The van der Waals surface area contributed by atoms with Gasteiger partial charge in [0.1, 0.15) is 6.54 Å². The molecule has 6 aromatic carbocycles. The van der Waals surface area contributed by atoms with Crippen LogP contribution in [0.4, 0.5) is 30.9 Å². The van der Waals surface area contributed by atoms with E-state index in [1.165, 1.54) is 67.1 Å². The Labute approximate surface area is 312 Å². The van der Waals surface area contributed by atoms with Gasteiger partial charge in [0.15, 0.2) is 5.71 Å². The van der Waals surface area contributed by atoms with Gasteiger partial charge in [-0.15, -0.1) is 0 Å². The Kier molecular flexibility index (Phi) is 10.2. The SMILES string of the molecule is CC[N+]1=C(/C=C/c2ccc(-c3ccc(C(=C(c4ccccc4)c4ccccc4)c4ccccc4)cc3)cc2)C(C)(C)c2ccccc21.F[P-](F)(F)(F)(F)F. The van der Waals surface area contributed by atoms with Crippen molar-refractivity contribution in [2.24, 2.45) is 0 Å². The Morgan fingerprint density at radius 1 is 0.500 bits per heavy atom. The second-order valence-corrected chi connectivity index (χ2v) is 15.5. The topological polar surface area (TPSA) is 3.01 Å². The van der Waals surface area contributed by atoms with Gasteiger partial charge in [-0.25, -0.2) is 0 Å². The third-order valence-corrected chi connectivity index (χ3v) is 9.40. The van der Waals surface area contributed by atoms with Gasteiger partial charge in [-0.1, -0.05) is 158 Å². The molecule has 0 saturated heterocycles. The Morgan fingerprint density at radius 2 is 0.870 bits per heavy atom. The molecule has 6 aromatic rings. The van der Waals surface area contributed by atoms with Gasteiger partial charge in [0.2, 0.25) is 5.69 Å². The predicted octanol–water partition coefficient (Wildman–Crippen LogP) is 14.9. The number of allylic oxidation sites excluding steroid dienone is 1. The Balaban J connectivity index is 0.000000649. The van der Waals surface area contributed by atoms with E-state index < -0.39 is 7.81 Å². The van der Waals surface area contributed by atoms with E-state index in [4.69, 9.17) is 0 Å². The molecule has 1 nitrogen and oxygen atoms in total. The summed E-state index contributed by atoms with van der Waals surface area (Å²) in [7, 11) is -10.7. The fraction of sp³-hybridized carbons (Fsp3) is 0.109. The predicted molar refractivity (Wildman–Crippen MR) is 214 cm³/mol. The van der Waals surface area contributed by atoms with E-state index >= 15 is 0 Å². The molecule has 1 aliphatic heterocycles. The number of fused-ring (bicyclic) bond motifs is 1. The van der Waals surface area contributed by atoms with Crippen molar-refractivity contribution in [3.63, 3.8) is 0 Å². The van der Waals surface area contributed by atoms with E-state index in [-0.39, 0.29) is 5.41 Å². The molecule has 0 aromatic heterocycles. The molecule has 7 rings (SSSR count). The average molecular weight is 752 g/mol. The van der Waals surface area contributed by atoms with Crippen LogP contribution < -0.4 is 0 Å². The summed E-state index contributed by atoms with van der Waals surface area (Å²) in [5.41, 5.74) is 14.9. The van der Waals surface area contributed by atoms with E-state index in [1.54, 1.807) is 0 Å². The van der Waals surface area contributed by atoms with Crippen molar-refractivity contribution in [3.05, 3.63) is 203 Å². The second kappa shape index (κ2) is 14.4. The van der Waals surface area contributed by atoms with Crippen molar-refractivity contribution in [2.45, 2.75) is 26.2 Å². The molecule has 0 atom stereocenters. The van der Waals surface area contributed by atoms with Gasteiger partial charge >= 0.3 is 33.0 Å². The molecule has 1 heterocycles. The molecular formula is C46H40F6NP. The quantitative estimate of drug-likeness (QED) is 0.0631. The monoisotopic (exact) mass is 751 g/mol. The van der Waals surface area contributed by atoms with Crippen molar-refractivity contribution in [2.75, 3.05) is 6.54 Å². The first-order chi connectivity index (χ1) is 25.5. The Hall–Kier alpha value is -5.52. The summed E-state index contributed by atoms with van der Waals surface area (Å²) in [5.74, 6) is 0. The fourth-order valence-electron chi connectivity index (χ4n) is 7.00. The summed E-state index contributed by atoms with van der Waals surface area (Å²) in [6.07, 6.45) is 4.56. The first kappa shape index (κ1) is 38.2. The first-order valence-corrected chi connectivity index (χ1v) is 19.6. The van der Waals surface area contributed by atoms with Gasteiger partial charge in [-0.3, -0.25) is 0 Å². The maximum absolute atomic E-state index is 10.7. The maximum atomic E-state index is 9.87. The van der Waals surface area contributed by atoms with Crippen LogP contribution >= 0.6 is 7.81 Å².